The van der Waals surface area contributed by atoms with Crippen LogP contribution in [0.15, 0.2) is 65.5 Å². The maximum absolute atomic E-state index is 12.7. The van der Waals surface area contributed by atoms with Crippen molar-refractivity contribution in [2.45, 2.75) is 6.54 Å². The molecule has 0 atom stereocenters. The Kier molecular flexibility index (Phi) is 4.47. The van der Waals surface area contributed by atoms with Gasteiger partial charge in [-0.25, -0.2) is 18.4 Å². The summed E-state index contributed by atoms with van der Waals surface area (Å²) in [7, 11) is 0. The molecule has 1 aliphatic rings. The van der Waals surface area contributed by atoms with Gasteiger partial charge in [-0.05, 0) is 41.0 Å². The average Bonchev–Trinajstić information content (AvgIpc) is 3.32. The van der Waals surface area contributed by atoms with Crippen molar-refractivity contribution in [3.8, 4) is 28.3 Å². The van der Waals surface area contributed by atoms with Crippen LogP contribution in [0.1, 0.15) is 0 Å². The SMILES string of the molecule is NC/C(=C\F)Cn1ncn(-c2cccc(-c3ccc4c(c3)OCO4)c2)c1=O. The summed E-state index contributed by atoms with van der Waals surface area (Å²) in [6.45, 7) is 0.252. The first kappa shape index (κ1) is 17.0. The Morgan fingerprint density at radius 3 is 2.81 bits per heavy atom. The topological polar surface area (TPSA) is 84.3 Å². The molecule has 4 rings (SSSR count). The summed E-state index contributed by atoms with van der Waals surface area (Å²) in [5, 5.41) is 4.05. The van der Waals surface area contributed by atoms with Gasteiger partial charge in [-0.2, -0.15) is 5.10 Å². The van der Waals surface area contributed by atoms with Gasteiger partial charge in [0.2, 0.25) is 6.79 Å². The van der Waals surface area contributed by atoms with E-state index in [1.54, 1.807) is 6.07 Å². The summed E-state index contributed by atoms with van der Waals surface area (Å²) in [5.74, 6) is 1.40. The Morgan fingerprint density at radius 1 is 1.19 bits per heavy atom. The van der Waals surface area contributed by atoms with Crippen molar-refractivity contribution in [3.63, 3.8) is 0 Å². The fourth-order valence-corrected chi connectivity index (χ4v) is 2.87. The van der Waals surface area contributed by atoms with E-state index < -0.39 is 0 Å². The van der Waals surface area contributed by atoms with Crippen molar-refractivity contribution in [1.82, 2.24) is 14.3 Å². The number of ether oxygens (including phenoxy) is 2. The summed E-state index contributed by atoms with van der Waals surface area (Å²) < 4.78 is 26.1. The van der Waals surface area contributed by atoms with Crippen molar-refractivity contribution in [2.75, 3.05) is 13.3 Å². The third kappa shape index (κ3) is 3.22. The molecule has 0 aliphatic carbocycles. The van der Waals surface area contributed by atoms with Crippen LogP contribution in [0.25, 0.3) is 16.8 Å². The van der Waals surface area contributed by atoms with Gasteiger partial charge >= 0.3 is 5.69 Å². The normalized spacial score (nSPS) is 13.2. The molecule has 7 nitrogen and oxygen atoms in total. The van der Waals surface area contributed by atoms with Crippen LogP contribution in [0.4, 0.5) is 4.39 Å². The molecule has 0 spiro atoms. The number of benzene rings is 2. The highest BCUT2D eigenvalue weighted by atomic mass is 19.1. The Balaban J connectivity index is 1.67. The van der Waals surface area contributed by atoms with E-state index in [0.29, 0.717) is 23.5 Å². The predicted octanol–water partition coefficient (Wildman–Crippen LogP) is 2.24. The molecule has 1 aromatic heterocycles. The second-order valence-electron chi connectivity index (χ2n) is 6.03. The Morgan fingerprint density at radius 2 is 2.00 bits per heavy atom. The third-order valence-corrected chi connectivity index (χ3v) is 4.33. The third-order valence-electron chi connectivity index (χ3n) is 4.33. The highest BCUT2D eigenvalue weighted by Gasteiger charge is 2.14. The minimum atomic E-state index is -0.370. The van der Waals surface area contributed by atoms with E-state index in [1.165, 1.54) is 15.6 Å². The van der Waals surface area contributed by atoms with Gasteiger partial charge in [0.25, 0.3) is 0 Å². The molecule has 0 radical (unpaired) electrons. The van der Waals surface area contributed by atoms with Gasteiger partial charge in [0, 0.05) is 6.54 Å². The summed E-state index contributed by atoms with van der Waals surface area (Å²) in [5.41, 5.74) is 7.87. The van der Waals surface area contributed by atoms with E-state index in [-0.39, 0.29) is 31.1 Å². The van der Waals surface area contributed by atoms with Gasteiger partial charge in [-0.1, -0.05) is 18.2 Å². The lowest BCUT2D eigenvalue weighted by molar-refractivity contribution is 0.174. The first-order valence-corrected chi connectivity index (χ1v) is 8.32. The zero-order valence-electron chi connectivity index (χ0n) is 14.3. The number of fused-ring (bicyclic) bond motifs is 1. The first-order valence-electron chi connectivity index (χ1n) is 8.32. The van der Waals surface area contributed by atoms with Crippen molar-refractivity contribution in [2.24, 2.45) is 5.73 Å². The van der Waals surface area contributed by atoms with Crippen molar-refractivity contribution in [3.05, 3.63) is 71.2 Å². The quantitative estimate of drug-likeness (QED) is 0.747. The summed E-state index contributed by atoms with van der Waals surface area (Å²) in [6, 6.07) is 13.1. The van der Waals surface area contributed by atoms with Crippen molar-refractivity contribution in [1.29, 1.82) is 0 Å². The van der Waals surface area contributed by atoms with Crippen LogP contribution in [-0.4, -0.2) is 27.7 Å². The zero-order valence-corrected chi connectivity index (χ0v) is 14.3. The highest BCUT2D eigenvalue weighted by Crippen LogP contribution is 2.36. The molecule has 0 amide bonds. The number of halogens is 1. The molecule has 2 N–H and O–H groups in total. The number of hydrogen-bond acceptors (Lipinski definition) is 5. The molecule has 1 aliphatic heterocycles. The minimum Gasteiger partial charge on any atom is -0.454 e. The van der Waals surface area contributed by atoms with Gasteiger partial charge in [0.05, 0.1) is 18.6 Å². The molecule has 0 bridgehead atoms. The maximum Gasteiger partial charge on any atom is 0.350 e. The van der Waals surface area contributed by atoms with Crippen LogP contribution in [0.5, 0.6) is 11.5 Å². The van der Waals surface area contributed by atoms with Gasteiger partial charge in [0.15, 0.2) is 11.5 Å². The number of hydrogen-bond donors (Lipinski definition) is 1. The van der Waals surface area contributed by atoms with E-state index in [2.05, 4.69) is 5.10 Å². The molecule has 0 saturated heterocycles. The Bertz CT molecular complexity index is 1070. The molecule has 2 heterocycles. The number of aromatic nitrogens is 3. The lowest BCUT2D eigenvalue weighted by atomic mass is 10.0. The molecule has 2 aromatic carbocycles. The van der Waals surface area contributed by atoms with Gasteiger partial charge < -0.3 is 15.2 Å². The van der Waals surface area contributed by atoms with Crippen LogP contribution in [0.2, 0.25) is 0 Å². The summed E-state index contributed by atoms with van der Waals surface area (Å²) >= 11 is 0. The van der Waals surface area contributed by atoms with Crippen molar-refractivity contribution >= 4 is 0 Å². The molecule has 27 heavy (non-hydrogen) atoms. The molecule has 8 heteroatoms. The van der Waals surface area contributed by atoms with Gasteiger partial charge in [-0.15, -0.1) is 0 Å². The van der Waals surface area contributed by atoms with Gasteiger partial charge in [0.1, 0.15) is 6.33 Å². The lowest BCUT2D eigenvalue weighted by Gasteiger charge is -2.07. The molecule has 0 fully saturated rings. The number of nitrogens with two attached hydrogens (primary N) is 1. The standard InChI is InChI=1S/C19H17FN4O3/c20-8-13(9-21)10-24-19(25)23(11-22-24)16-3-1-2-14(6-16)15-4-5-17-18(7-15)27-12-26-17/h1-8,11H,9-10,12,21H2/b13-8+. The van der Waals surface area contributed by atoms with E-state index in [0.717, 1.165) is 11.1 Å². The molecule has 0 unspecified atom stereocenters. The maximum atomic E-state index is 12.7. The fraction of sp³-hybridized carbons (Fsp3) is 0.158. The largest absolute Gasteiger partial charge is 0.454 e. The molecule has 3 aromatic rings. The van der Waals surface area contributed by atoms with E-state index in [1.807, 2.05) is 36.4 Å². The Hall–Kier alpha value is -3.39. The average molecular weight is 368 g/mol. The van der Waals surface area contributed by atoms with Gasteiger partial charge in [-0.3, -0.25) is 0 Å². The molecule has 0 saturated carbocycles. The second-order valence-corrected chi connectivity index (χ2v) is 6.03. The van der Waals surface area contributed by atoms with E-state index >= 15 is 0 Å². The van der Waals surface area contributed by atoms with Crippen LogP contribution in [-0.2, 0) is 6.54 Å². The van der Waals surface area contributed by atoms with Crippen LogP contribution in [0, 0.1) is 0 Å². The van der Waals surface area contributed by atoms with Crippen LogP contribution >= 0.6 is 0 Å². The monoisotopic (exact) mass is 368 g/mol. The molecule has 138 valence electrons. The number of nitrogens with zero attached hydrogens (tertiary/aromatic N) is 3. The van der Waals surface area contributed by atoms with Crippen molar-refractivity contribution < 1.29 is 13.9 Å². The van der Waals surface area contributed by atoms with Crippen LogP contribution in [0.3, 0.4) is 0 Å². The van der Waals surface area contributed by atoms with E-state index in [9.17, 15) is 9.18 Å². The summed E-state index contributed by atoms with van der Waals surface area (Å²) in [6.07, 6.45) is 1.82. The summed E-state index contributed by atoms with van der Waals surface area (Å²) in [4.78, 5) is 12.6. The Labute approximate surface area is 154 Å². The zero-order chi connectivity index (χ0) is 18.8. The minimum absolute atomic E-state index is 0.0146. The smallest absolute Gasteiger partial charge is 0.350 e. The highest BCUT2D eigenvalue weighted by molar-refractivity contribution is 5.69. The van der Waals surface area contributed by atoms with Crippen LogP contribution < -0.4 is 20.9 Å². The molecular formula is C19H17FN4O3. The number of rotatable bonds is 5. The first-order chi connectivity index (χ1) is 13.2. The second kappa shape index (κ2) is 7.08. The van der Waals surface area contributed by atoms with E-state index in [4.69, 9.17) is 15.2 Å². The lowest BCUT2D eigenvalue weighted by Crippen LogP contribution is -2.25. The molecular weight excluding hydrogens is 351 g/mol. The predicted molar refractivity (Wildman–Crippen MR) is 97.6 cm³/mol. The fourth-order valence-electron chi connectivity index (χ4n) is 2.87.